The van der Waals surface area contributed by atoms with Gasteiger partial charge in [-0.3, -0.25) is 0 Å². The molecule has 1 atom stereocenters. The number of nitrogens with zero attached hydrogens (tertiary/aromatic N) is 2. The van der Waals surface area contributed by atoms with Gasteiger partial charge in [0.2, 0.25) is 0 Å². The summed E-state index contributed by atoms with van der Waals surface area (Å²) in [4.78, 5) is 12.1. The molecule has 0 fully saturated rings. The summed E-state index contributed by atoms with van der Waals surface area (Å²) in [7, 11) is 0. The van der Waals surface area contributed by atoms with Gasteiger partial charge >= 0.3 is 0 Å². The molecule has 2 aromatic carbocycles. The van der Waals surface area contributed by atoms with Gasteiger partial charge in [-0.05, 0) is 38.5 Å². The average molecular weight is 402 g/mol. The SMILES string of the molecule is CC(C)(C)[N+]1(C(=O)[O-])N=C(Cl)c2ccc(OCCNCc3ccccc3)cc21. The number of rotatable bonds is 6. The van der Waals surface area contributed by atoms with Gasteiger partial charge in [0.15, 0.2) is 10.9 Å². The Morgan fingerprint density at radius 3 is 2.57 bits per heavy atom. The summed E-state index contributed by atoms with van der Waals surface area (Å²) in [5.41, 5.74) is 1.45. The fraction of sp³-hybridized carbons (Fsp3) is 0.333. The number of quaternary nitrogens is 1. The molecule has 0 saturated carbocycles. The minimum Gasteiger partial charge on any atom is -0.496 e. The van der Waals surface area contributed by atoms with Gasteiger partial charge in [0.05, 0.1) is 5.56 Å². The van der Waals surface area contributed by atoms with Gasteiger partial charge in [-0.2, -0.15) is 0 Å². The molecule has 1 heterocycles. The molecule has 0 aliphatic carbocycles. The van der Waals surface area contributed by atoms with Crippen LogP contribution in [0.5, 0.6) is 5.75 Å². The number of fused-ring (bicyclic) bond motifs is 1. The van der Waals surface area contributed by atoms with E-state index < -0.39 is 16.2 Å². The number of benzene rings is 2. The van der Waals surface area contributed by atoms with Gasteiger partial charge in [0.25, 0.3) is 6.09 Å². The van der Waals surface area contributed by atoms with Crippen LogP contribution >= 0.6 is 11.6 Å². The van der Waals surface area contributed by atoms with E-state index in [9.17, 15) is 9.90 Å². The molecule has 1 aliphatic heterocycles. The van der Waals surface area contributed by atoms with Crippen LogP contribution in [0.1, 0.15) is 31.9 Å². The van der Waals surface area contributed by atoms with Gasteiger partial charge in [0.1, 0.15) is 17.9 Å². The Morgan fingerprint density at radius 1 is 1.21 bits per heavy atom. The highest BCUT2D eigenvalue weighted by Gasteiger charge is 2.52. The highest BCUT2D eigenvalue weighted by Crippen LogP contribution is 2.44. The van der Waals surface area contributed by atoms with E-state index in [4.69, 9.17) is 16.3 Å². The van der Waals surface area contributed by atoms with Crippen LogP contribution in [0, 0.1) is 0 Å². The van der Waals surface area contributed by atoms with Crippen molar-refractivity contribution >= 4 is 28.6 Å². The van der Waals surface area contributed by atoms with Gasteiger partial charge in [-0.25, -0.2) is 0 Å². The standard InChI is InChI=1S/C21H24ClN3O3/c1-21(2,3)25(20(26)27)18-13-16(9-10-17(18)19(22)24-25)28-12-11-23-14-15-7-5-4-6-8-15/h4-10,13,23H,11-12,14H2,1-3H3. The van der Waals surface area contributed by atoms with Crippen molar-refractivity contribution in [2.75, 3.05) is 13.2 Å². The maximum absolute atomic E-state index is 12.1. The molecule has 0 aromatic heterocycles. The van der Waals surface area contributed by atoms with Gasteiger partial charge in [-0.1, -0.05) is 47.0 Å². The number of hydrogen-bond acceptors (Lipinski definition) is 5. The predicted octanol–water partition coefficient (Wildman–Crippen LogP) is 3.22. The predicted molar refractivity (Wildman–Crippen MR) is 109 cm³/mol. The lowest BCUT2D eigenvalue weighted by Gasteiger charge is -2.39. The maximum atomic E-state index is 12.1. The molecule has 0 bridgehead atoms. The van der Waals surface area contributed by atoms with Crippen LogP contribution in [0.4, 0.5) is 10.5 Å². The Balaban J connectivity index is 1.69. The van der Waals surface area contributed by atoms with E-state index in [1.165, 1.54) is 5.56 Å². The van der Waals surface area contributed by atoms with Crippen LogP contribution in [0.15, 0.2) is 53.6 Å². The Kier molecular flexibility index (Phi) is 5.74. The van der Waals surface area contributed by atoms with E-state index in [0.29, 0.717) is 30.2 Å². The lowest BCUT2D eigenvalue weighted by atomic mass is 10.0. The molecule has 28 heavy (non-hydrogen) atoms. The van der Waals surface area contributed by atoms with Crippen molar-refractivity contribution in [2.45, 2.75) is 32.9 Å². The zero-order valence-corrected chi connectivity index (χ0v) is 17.0. The number of ether oxygens (including phenoxy) is 1. The van der Waals surface area contributed by atoms with E-state index in [2.05, 4.69) is 22.6 Å². The third-order valence-electron chi connectivity index (χ3n) is 4.73. The second-order valence-corrected chi connectivity index (χ2v) is 8.01. The number of carboxylic acid groups (broad SMARTS) is 1. The number of hydrogen-bond donors (Lipinski definition) is 1. The molecule has 1 unspecified atom stereocenters. The normalized spacial score (nSPS) is 18.5. The van der Waals surface area contributed by atoms with E-state index in [1.807, 2.05) is 18.2 Å². The van der Waals surface area contributed by atoms with Crippen LogP contribution < -0.4 is 19.8 Å². The summed E-state index contributed by atoms with van der Waals surface area (Å²) >= 11 is 6.23. The number of nitrogens with one attached hydrogen (secondary N) is 1. The second-order valence-electron chi connectivity index (χ2n) is 7.65. The molecule has 0 radical (unpaired) electrons. The van der Waals surface area contributed by atoms with E-state index in [0.717, 1.165) is 6.54 Å². The quantitative estimate of drug-likeness (QED) is 0.595. The zero-order chi connectivity index (χ0) is 20.4. The highest BCUT2D eigenvalue weighted by molar-refractivity contribution is 6.70. The molecular formula is C21H24ClN3O3. The topological polar surface area (TPSA) is 73.8 Å². The minimum absolute atomic E-state index is 0.158. The molecule has 1 amide bonds. The van der Waals surface area contributed by atoms with Gasteiger partial charge in [-0.15, -0.1) is 4.59 Å². The third kappa shape index (κ3) is 3.76. The van der Waals surface area contributed by atoms with Gasteiger partial charge in [0, 0.05) is 19.2 Å². The van der Waals surface area contributed by atoms with E-state index >= 15 is 0 Å². The molecule has 3 rings (SSSR count). The molecule has 148 valence electrons. The van der Waals surface area contributed by atoms with Crippen LogP contribution in [0.3, 0.4) is 0 Å². The molecule has 6 nitrogen and oxygen atoms in total. The van der Waals surface area contributed by atoms with E-state index in [1.54, 1.807) is 39.0 Å². The molecular weight excluding hydrogens is 378 g/mol. The summed E-state index contributed by atoms with van der Waals surface area (Å²) in [6.45, 7) is 7.21. The lowest BCUT2D eigenvalue weighted by Crippen LogP contribution is -2.65. The van der Waals surface area contributed by atoms with Crippen molar-refractivity contribution < 1.29 is 14.6 Å². The summed E-state index contributed by atoms with van der Waals surface area (Å²) in [6, 6.07) is 15.3. The van der Waals surface area contributed by atoms with Crippen molar-refractivity contribution in [2.24, 2.45) is 5.10 Å². The first-order valence-corrected chi connectivity index (χ1v) is 9.52. The van der Waals surface area contributed by atoms with Crippen LogP contribution in [-0.2, 0) is 6.54 Å². The second kappa shape index (κ2) is 7.91. The highest BCUT2D eigenvalue weighted by atomic mass is 35.5. The first-order valence-electron chi connectivity index (χ1n) is 9.14. The fourth-order valence-corrected chi connectivity index (χ4v) is 3.55. The Bertz CT molecular complexity index is 894. The molecule has 7 heteroatoms. The Hall–Kier alpha value is -2.41. The fourth-order valence-electron chi connectivity index (χ4n) is 3.28. The molecule has 0 saturated heterocycles. The first-order chi connectivity index (χ1) is 13.3. The van der Waals surface area contributed by atoms with E-state index in [-0.39, 0.29) is 5.17 Å². The number of amides is 1. The Morgan fingerprint density at radius 2 is 1.93 bits per heavy atom. The van der Waals surface area contributed by atoms with Crippen molar-refractivity contribution in [3.05, 3.63) is 59.7 Å². The smallest absolute Gasteiger partial charge is 0.291 e. The lowest BCUT2D eigenvalue weighted by molar-refractivity contribution is -0.268. The number of carbonyl (C=O) groups is 1. The minimum atomic E-state index is -1.33. The zero-order valence-electron chi connectivity index (χ0n) is 16.2. The van der Waals surface area contributed by atoms with Crippen LogP contribution in [0.25, 0.3) is 0 Å². The van der Waals surface area contributed by atoms with Crippen LogP contribution in [0.2, 0.25) is 0 Å². The van der Waals surface area contributed by atoms with Crippen molar-refractivity contribution in [3.63, 3.8) is 0 Å². The monoisotopic (exact) mass is 401 g/mol. The summed E-state index contributed by atoms with van der Waals surface area (Å²) in [6.07, 6.45) is -1.33. The summed E-state index contributed by atoms with van der Waals surface area (Å²) in [5.74, 6) is 0.565. The van der Waals surface area contributed by atoms with Crippen molar-refractivity contribution in [1.82, 2.24) is 9.91 Å². The number of halogens is 1. The molecule has 1 N–H and O–H groups in total. The van der Waals surface area contributed by atoms with Crippen molar-refractivity contribution in [3.8, 4) is 5.75 Å². The van der Waals surface area contributed by atoms with Crippen LogP contribution in [-0.4, -0.2) is 30.0 Å². The summed E-state index contributed by atoms with van der Waals surface area (Å²) < 4.78 is 5.09. The first kappa shape index (κ1) is 20.3. The third-order valence-corrected chi connectivity index (χ3v) is 5.01. The van der Waals surface area contributed by atoms with Crippen molar-refractivity contribution in [1.29, 1.82) is 0 Å². The summed E-state index contributed by atoms with van der Waals surface area (Å²) in [5, 5.41) is 19.8. The molecule has 2 aromatic rings. The largest absolute Gasteiger partial charge is 0.496 e. The Labute approximate surface area is 170 Å². The number of carbonyl (C=O) groups excluding carboxylic acids is 1. The molecule has 0 spiro atoms. The average Bonchev–Trinajstić information content (AvgIpc) is 2.96. The van der Waals surface area contributed by atoms with Gasteiger partial charge < -0.3 is 20.0 Å². The maximum Gasteiger partial charge on any atom is 0.291 e. The molecule has 1 aliphatic rings.